The monoisotopic (exact) mass is 271 g/mol. The Hall–Kier alpha value is -0.950. The van der Waals surface area contributed by atoms with Gasteiger partial charge in [0.25, 0.3) is 0 Å². The van der Waals surface area contributed by atoms with Gasteiger partial charge in [-0.1, -0.05) is 12.1 Å². The molecule has 18 heavy (non-hydrogen) atoms. The number of nitrogens with zero attached hydrogens (tertiary/aromatic N) is 2. The fraction of sp³-hybridized carbons (Fsp3) is 0.818. The molecule has 1 aromatic heterocycles. The van der Waals surface area contributed by atoms with Gasteiger partial charge < -0.3 is 9.84 Å². The second kappa shape index (κ2) is 4.03. The van der Waals surface area contributed by atoms with Crippen LogP contribution in [0.3, 0.4) is 0 Å². The SMILES string of the molecule is CC1(c2noc(CNC3CCS(=O)(=O)C3)n2)CC1. The molecule has 0 amide bonds. The summed E-state index contributed by atoms with van der Waals surface area (Å²) < 4.78 is 27.8. The van der Waals surface area contributed by atoms with Crippen LogP contribution in [0.15, 0.2) is 4.52 Å². The van der Waals surface area contributed by atoms with Crippen molar-refractivity contribution in [3.63, 3.8) is 0 Å². The van der Waals surface area contributed by atoms with Crippen LogP contribution < -0.4 is 5.32 Å². The first-order valence-corrected chi connectivity index (χ1v) is 8.06. The Kier molecular flexibility index (Phi) is 2.71. The topological polar surface area (TPSA) is 85.1 Å². The molecule has 0 spiro atoms. The van der Waals surface area contributed by atoms with Gasteiger partial charge in [-0.15, -0.1) is 0 Å². The van der Waals surface area contributed by atoms with E-state index in [4.69, 9.17) is 4.52 Å². The highest BCUT2D eigenvalue weighted by molar-refractivity contribution is 7.91. The first-order valence-electron chi connectivity index (χ1n) is 6.24. The molecule has 1 saturated heterocycles. The average molecular weight is 271 g/mol. The van der Waals surface area contributed by atoms with Crippen molar-refractivity contribution in [1.29, 1.82) is 0 Å². The molecule has 2 aliphatic rings. The maximum atomic E-state index is 11.3. The Labute approximate surface area is 106 Å². The Morgan fingerprint density at radius 1 is 1.50 bits per heavy atom. The van der Waals surface area contributed by atoms with Crippen molar-refractivity contribution in [2.24, 2.45) is 0 Å². The quantitative estimate of drug-likeness (QED) is 0.853. The molecule has 2 heterocycles. The van der Waals surface area contributed by atoms with Crippen LogP contribution in [-0.2, 0) is 21.8 Å². The minimum atomic E-state index is -2.84. The van der Waals surface area contributed by atoms with E-state index in [2.05, 4.69) is 22.4 Å². The van der Waals surface area contributed by atoms with E-state index in [0.717, 1.165) is 18.7 Å². The molecule has 1 aromatic rings. The fourth-order valence-electron chi connectivity index (χ4n) is 2.17. The second-order valence-corrected chi connectivity index (χ2v) is 7.78. The van der Waals surface area contributed by atoms with E-state index in [9.17, 15) is 8.42 Å². The van der Waals surface area contributed by atoms with E-state index >= 15 is 0 Å². The summed E-state index contributed by atoms with van der Waals surface area (Å²) in [6.45, 7) is 2.57. The van der Waals surface area contributed by atoms with Gasteiger partial charge in [0.15, 0.2) is 15.7 Å². The van der Waals surface area contributed by atoms with Crippen molar-refractivity contribution >= 4 is 9.84 Å². The molecule has 0 bridgehead atoms. The number of sulfone groups is 1. The zero-order valence-corrected chi connectivity index (χ0v) is 11.2. The van der Waals surface area contributed by atoms with Gasteiger partial charge in [-0.3, -0.25) is 0 Å². The van der Waals surface area contributed by atoms with Crippen molar-refractivity contribution in [3.05, 3.63) is 11.7 Å². The molecule has 1 atom stereocenters. The first-order chi connectivity index (χ1) is 8.47. The van der Waals surface area contributed by atoms with E-state index in [0.29, 0.717) is 18.9 Å². The third kappa shape index (κ3) is 2.42. The minimum Gasteiger partial charge on any atom is -0.338 e. The molecule has 1 N–H and O–H groups in total. The van der Waals surface area contributed by atoms with E-state index in [1.807, 2.05) is 0 Å². The van der Waals surface area contributed by atoms with Crippen LogP contribution in [0.2, 0.25) is 0 Å². The molecular formula is C11H17N3O3S. The summed E-state index contributed by atoms with van der Waals surface area (Å²) in [6, 6.07) is 0.0156. The van der Waals surface area contributed by atoms with Gasteiger partial charge in [-0.05, 0) is 19.3 Å². The normalized spacial score (nSPS) is 28.4. The Bertz CT molecular complexity index is 548. The Morgan fingerprint density at radius 2 is 2.28 bits per heavy atom. The third-order valence-corrected chi connectivity index (χ3v) is 5.55. The van der Waals surface area contributed by atoms with Crippen LogP contribution in [0, 0.1) is 0 Å². The Balaban J connectivity index is 1.56. The van der Waals surface area contributed by atoms with Gasteiger partial charge in [0.1, 0.15) is 0 Å². The smallest absolute Gasteiger partial charge is 0.240 e. The maximum absolute atomic E-state index is 11.3. The van der Waals surface area contributed by atoms with Crippen molar-refractivity contribution in [2.45, 2.75) is 44.2 Å². The lowest BCUT2D eigenvalue weighted by atomic mass is 10.1. The molecule has 1 aliphatic carbocycles. The molecule has 1 saturated carbocycles. The van der Waals surface area contributed by atoms with Gasteiger partial charge in [0.2, 0.25) is 5.89 Å². The summed E-state index contributed by atoms with van der Waals surface area (Å²) >= 11 is 0. The van der Waals surface area contributed by atoms with Crippen molar-refractivity contribution in [2.75, 3.05) is 11.5 Å². The van der Waals surface area contributed by atoms with Crippen LogP contribution in [-0.4, -0.2) is 36.1 Å². The van der Waals surface area contributed by atoms with Crippen molar-refractivity contribution < 1.29 is 12.9 Å². The number of rotatable bonds is 4. The second-order valence-electron chi connectivity index (χ2n) is 5.55. The van der Waals surface area contributed by atoms with Crippen LogP contribution >= 0.6 is 0 Å². The molecule has 100 valence electrons. The molecule has 3 rings (SSSR count). The van der Waals surface area contributed by atoms with Gasteiger partial charge in [-0.25, -0.2) is 8.42 Å². The molecule has 7 heteroatoms. The fourth-order valence-corrected chi connectivity index (χ4v) is 3.88. The zero-order chi connectivity index (χ0) is 12.8. The van der Waals surface area contributed by atoms with E-state index < -0.39 is 9.84 Å². The van der Waals surface area contributed by atoms with E-state index in [-0.39, 0.29) is 23.0 Å². The lowest BCUT2D eigenvalue weighted by Crippen LogP contribution is -2.29. The molecule has 2 fully saturated rings. The maximum Gasteiger partial charge on any atom is 0.240 e. The minimum absolute atomic E-state index is 0.0156. The predicted octanol–water partition coefficient (Wildman–Crippen LogP) is 0.398. The number of hydrogen-bond acceptors (Lipinski definition) is 6. The largest absolute Gasteiger partial charge is 0.338 e. The van der Waals surface area contributed by atoms with Crippen LogP contribution in [0.25, 0.3) is 0 Å². The molecule has 0 aromatic carbocycles. The number of nitrogens with one attached hydrogen (secondary N) is 1. The molecule has 0 radical (unpaired) electrons. The lowest BCUT2D eigenvalue weighted by molar-refractivity contribution is 0.353. The summed E-state index contributed by atoms with van der Waals surface area (Å²) in [5.41, 5.74) is 0.110. The number of hydrogen-bond donors (Lipinski definition) is 1. The zero-order valence-electron chi connectivity index (χ0n) is 10.3. The summed E-state index contributed by atoms with van der Waals surface area (Å²) in [4.78, 5) is 4.35. The standard InChI is InChI=1S/C11H17N3O3S/c1-11(3-4-11)10-13-9(17-14-10)6-12-8-2-5-18(15,16)7-8/h8,12H,2-7H2,1H3. The van der Waals surface area contributed by atoms with Crippen molar-refractivity contribution in [3.8, 4) is 0 Å². The van der Waals surface area contributed by atoms with Crippen molar-refractivity contribution in [1.82, 2.24) is 15.5 Å². The summed E-state index contributed by atoms with van der Waals surface area (Å²) in [5.74, 6) is 1.81. The van der Waals surface area contributed by atoms with Gasteiger partial charge >= 0.3 is 0 Å². The van der Waals surface area contributed by atoms with E-state index in [1.54, 1.807) is 0 Å². The predicted molar refractivity (Wildman–Crippen MR) is 64.8 cm³/mol. The highest BCUT2D eigenvalue weighted by Gasteiger charge is 2.43. The molecule has 1 aliphatic heterocycles. The summed E-state index contributed by atoms with van der Waals surface area (Å²) in [6.07, 6.45) is 2.89. The van der Waals surface area contributed by atoms with Crippen LogP contribution in [0.5, 0.6) is 0 Å². The summed E-state index contributed by atoms with van der Waals surface area (Å²) in [5, 5.41) is 7.14. The van der Waals surface area contributed by atoms with Crippen LogP contribution in [0.4, 0.5) is 0 Å². The molecule has 1 unspecified atom stereocenters. The Morgan fingerprint density at radius 3 is 2.89 bits per heavy atom. The summed E-state index contributed by atoms with van der Waals surface area (Å²) in [7, 11) is -2.84. The van der Waals surface area contributed by atoms with Crippen LogP contribution in [0.1, 0.15) is 37.9 Å². The first kappa shape index (κ1) is 12.1. The lowest BCUT2D eigenvalue weighted by Gasteiger charge is -2.07. The third-order valence-electron chi connectivity index (χ3n) is 3.78. The molecular weight excluding hydrogens is 254 g/mol. The highest BCUT2D eigenvalue weighted by atomic mass is 32.2. The van der Waals surface area contributed by atoms with Gasteiger partial charge in [-0.2, -0.15) is 4.98 Å². The van der Waals surface area contributed by atoms with E-state index in [1.165, 1.54) is 0 Å². The highest BCUT2D eigenvalue weighted by Crippen LogP contribution is 2.45. The van der Waals surface area contributed by atoms with Gasteiger partial charge in [0.05, 0.1) is 18.1 Å². The number of aromatic nitrogens is 2. The average Bonchev–Trinajstić information content (AvgIpc) is 2.78. The van der Waals surface area contributed by atoms with Gasteiger partial charge in [0, 0.05) is 11.5 Å². The molecule has 6 nitrogen and oxygen atoms in total.